The fourth-order valence-corrected chi connectivity index (χ4v) is 2.16. The lowest BCUT2D eigenvalue weighted by Gasteiger charge is -2.12. The number of hydrogen-bond donors (Lipinski definition) is 1. The zero-order chi connectivity index (χ0) is 13.4. The van der Waals surface area contributed by atoms with Crippen molar-refractivity contribution in [3.8, 4) is 5.69 Å². The van der Waals surface area contributed by atoms with E-state index in [1.807, 2.05) is 43.7 Å². The Kier molecular flexibility index (Phi) is 3.03. The molecule has 2 N–H and O–H groups in total. The van der Waals surface area contributed by atoms with Crippen LogP contribution in [0.15, 0.2) is 23.0 Å². The van der Waals surface area contributed by atoms with Crippen molar-refractivity contribution in [1.82, 2.24) is 9.36 Å². The van der Waals surface area contributed by atoms with Gasteiger partial charge < -0.3 is 5.73 Å². The molecule has 4 heteroatoms. The molecule has 0 spiro atoms. The summed E-state index contributed by atoms with van der Waals surface area (Å²) in [7, 11) is 0. The molecule has 4 nitrogen and oxygen atoms in total. The Morgan fingerprint density at radius 2 is 1.83 bits per heavy atom. The third-order valence-electron chi connectivity index (χ3n) is 3.48. The molecule has 0 unspecified atom stereocenters. The monoisotopic (exact) mass is 245 g/mol. The van der Waals surface area contributed by atoms with E-state index in [2.05, 4.69) is 6.92 Å². The van der Waals surface area contributed by atoms with E-state index in [0.29, 0.717) is 12.2 Å². The lowest BCUT2D eigenvalue weighted by Crippen LogP contribution is -2.22. The molecule has 1 heterocycles. The first kappa shape index (κ1) is 12.5. The number of nitrogen functional groups attached to an aromatic ring is 1. The number of nitrogens with zero attached hydrogens (tertiary/aromatic N) is 2. The van der Waals surface area contributed by atoms with Crippen molar-refractivity contribution in [2.75, 3.05) is 5.73 Å². The number of hydrogen-bond acceptors (Lipinski definition) is 2. The number of aromatic nitrogens is 2. The fraction of sp³-hybridized carbons (Fsp3) is 0.357. The predicted octanol–water partition coefficient (Wildman–Crippen LogP) is 2.17. The predicted molar refractivity (Wildman–Crippen MR) is 74.3 cm³/mol. The van der Waals surface area contributed by atoms with Crippen LogP contribution in [-0.2, 0) is 6.54 Å². The molecule has 1 aromatic carbocycles. The summed E-state index contributed by atoms with van der Waals surface area (Å²) in [5.74, 6) is 0. The second-order valence-electron chi connectivity index (χ2n) is 4.60. The molecular formula is C14H19N3O. The van der Waals surface area contributed by atoms with Gasteiger partial charge in [-0.2, -0.15) is 0 Å². The zero-order valence-electron chi connectivity index (χ0n) is 11.3. The van der Waals surface area contributed by atoms with Gasteiger partial charge in [-0.15, -0.1) is 0 Å². The van der Waals surface area contributed by atoms with Crippen LogP contribution in [0, 0.1) is 20.8 Å². The number of benzene rings is 1. The average Bonchev–Trinajstić information content (AvgIpc) is 2.57. The van der Waals surface area contributed by atoms with Crippen molar-refractivity contribution < 1.29 is 0 Å². The first-order chi connectivity index (χ1) is 8.47. The van der Waals surface area contributed by atoms with E-state index in [0.717, 1.165) is 11.4 Å². The highest BCUT2D eigenvalue weighted by atomic mass is 16.1. The van der Waals surface area contributed by atoms with Crippen LogP contribution in [0.4, 0.5) is 5.69 Å². The molecule has 1 aromatic heterocycles. The molecule has 2 rings (SSSR count). The minimum Gasteiger partial charge on any atom is -0.393 e. The molecule has 0 aliphatic carbocycles. The lowest BCUT2D eigenvalue weighted by molar-refractivity contribution is 0.559. The summed E-state index contributed by atoms with van der Waals surface area (Å²) >= 11 is 0. The van der Waals surface area contributed by atoms with Crippen LogP contribution >= 0.6 is 0 Å². The summed E-state index contributed by atoms with van der Waals surface area (Å²) in [6.45, 7) is 8.69. The molecule has 2 aromatic rings. The van der Waals surface area contributed by atoms with E-state index in [1.54, 1.807) is 4.68 Å². The van der Waals surface area contributed by atoms with E-state index < -0.39 is 0 Å². The standard InChI is InChI=1S/C14H19N3O/c1-5-16-11(4)13(15)14(18)17(16)12-7-6-9(2)10(3)8-12/h6-8H,5,15H2,1-4H3. The first-order valence-corrected chi connectivity index (χ1v) is 6.12. The molecule has 0 fully saturated rings. The van der Waals surface area contributed by atoms with E-state index in [1.165, 1.54) is 11.1 Å². The summed E-state index contributed by atoms with van der Waals surface area (Å²) in [6, 6.07) is 5.99. The maximum absolute atomic E-state index is 12.2. The molecule has 96 valence electrons. The maximum atomic E-state index is 12.2. The molecule has 0 saturated heterocycles. The summed E-state index contributed by atoms with van der Waals surface area (Å²) in [5.41, 5.74) is 10.1. The van der Waals surface area contributed by atoms with Gasteiger partial charge in [0.2, 0.25) is 0 Å². The SMILES string of the molecule is CCn1c(C)c(N)c(=O)n1-c1ccc(C)c(C)c1. The van der Waals surface area contributed by atoms with Gasteiger partial charge in [0.05, 0.1) is 11.4 Å². The van der Waals surface area contributed by atoms with Crippen LogP contribution in [0.25, 0.3) is 5.69 Å². The van der Waals surface area contributed by atoms with Gasteiger partial charge in [0.1, 0.15) is 5.69 Å². The van der Waals surface area contributed by atoms with Crippen LogP contribution in [-0.4, -0.2) is 9.36 Å². The molecule has 0 aliphatic rings. The van der Waals surface area contributed by atoms with Gasteiger partial charge in [0.15, 0.2) is 0 Å². The lowest BCUT2D eigenvalue weighted by atomic mass is 10.1. The van der Waals surface area contributed by atoms with Crippen molar-refractivity contribution in [3.05, 3.63) is 45.4 Å². The molecule has 0 radical (unpaired) electrons. The first-order valence-electron chi connectivity index (χ1n) is 6.12. The Morgan fingerprint density at radius 1 is 1.17 bits per heavy atom. The van der Waals surface area contributed by atoms with E-state index in [4.69, 9.17) is 5.73 Å². The van der Waals surface area contributed by atoms with Gasteiger partial charge in [-0.3, -0.25) is 9.48 Å². The summed E-state index contributed by atoms with van der Waals surface area (Å²) < 4.78 is 3.55. The Balaban J connectivity index is 2.74. The molecule has 0 amide bonds. The minimum absolute atomic E-state index is 0.141. The van der Waals surface area contributed by atoms with Crippen molar-refractivity contribution in [3.63, 3.8) is 0 Å². The van der Waals surface area contributed by atoms with Gasteiger partial charge in [-0.1, -0.05) is 6.07 Å². The number of nitrogens with two attached hydrogens (primary N) is 1. The van der Waals surface area contributed by atoms with Gasteiger partial charge in [-0.25, -0.2) is 4.68 Å². The van der Waals surface area contributed by atoms with E-state index in [-0.39, 0.29) is 5.56 Å². The molecule has 0 aliphatic heterocycles. The van der Waals surface area contributed by atoms with Gasteiger partial charge in [-0.05, 0) is 51.0 Å². The number of rotatable bonds is 2. The second kappa shape index (κ2) is 4.37. The average molecular weight is 245 g/mol. The number of anilines is 1. The molecular weight excluding hydrogens is 226 g/mol. The second-order valence-corrected chi connectivity index (χ2v) is 4.60. The van der Waals surface area contributed by atoms with Crippen LogP contribution in [0.5, 0.6) is 0 Å². The zero-order valence-corrected chi connectivity index (χ0v) is 11.3. The van der Waals surface area contributed by atoms with Gasteiger partial charge in [0, 0.05) is 6.54 Å². The Labute approximate surface area is 107 Å². The summed E-state index contributed by atoms with van der Waals surface area (Å²) in [6.07, 6.45) is 0. The van der Waals surface area contributed by atoms with Crippen LogP contribution in [0.2, 0.25) is 0 Å². The molecule has 0 bridgehead atoms. The Morgan fingerprint density at radius 3 is 2.39 bits per heavy atom. The topological polar surface area (TPSA) is 52.9 Å². The molecule has 0 saturated carbocycles. The summed E-state index contributed by atoms with van der Waals surface area (Å²) in [4.78, 5) is 12.2. The smallest absolute Gasteiger partial charge is 0.294 e. The van der Waals surface area contributed by atoms with Crippen molar-refractivity contribution in [1.29, 1.82) is 0 Å². The molecule has 18 heavy (non-hydrogen) atoms. The number of aryl methyl sites for hydroxylation is 2. The van der Waals surface area contributed by atoms with Crippen LogP contribution < -0.4 is 11.3 Å². The Bertz CT molecular complexity index is 650. The molecule has 0 atom stereocenters. The third kappa shape index (κ3) is 1.74. The van der Waals surface area contributed by atoms with Crippen LogP contribution in [0.3, 0.4) is 0 Å². The van der Waals surface area contributed by atoms with E-state index in [9.17, 15) is 4.79 Å². The quantitative estimate of drug-likeness (QED) is 0.881. The van der Waals surface area contributed by atoms with Gasteiger partial charge >= 0.3 is 0 Å². The maximum Gasteiger partial charge on any atom is 0.294 e. The third-order valence-corrected chi connectivity index (χ3v) is 3.48. The fourth-order valence-electron chi connectivity index (χ4n) is 2.16. The highest BCUT2D eigenvalue weighted by Gasteiger charge is 2.14. The minimum atomic E-state index is -0.141. The van der Waals surface area contributed by atoms with Gasteiger partial charge in [0.25, 0.3) is 5.56 Å². The summed E-state index contributed by atoms with van der Waals surface area (Å²) in [5, 5.41) is 0. The highest BCUT2D eigenvalue weighted by molar-refractivity contribution is 5.46. The largest absolute Gasteiger partial charge is 0.393 e. The van der Waals surface area contributed by atoms with Crippen LogP contribution in [0.1, 0.15) is 23.7 Å². The normalized spacial score (nSPS) is 10.9. The van der Waals surface area contributed by atoms with Crippen molar-refractivity contribution in [2.24, 2.45) is 0 Å². The Hall–Kier alpha value is -1.97. The van der Waals surface area contributed by atoms with E-state index >= 15 is 0 Å². The van der Waals surface area contributed by atoms with Crippen molar-refractivity contribution >= 4 is 5.69 Å². The van der Waals surface area contributed by atoms with Crippen molar-refractivity contribution in [2.45, 2.75) is 34.2 Å². The highest BCUT2D eigenvalue weighted by Crippen LogP contribution is 2.16.